The van der Waals surface area contributed by atoms with Crippen LogP contribution in [0, 0.1) is 0 Å². The zero-order chi connectivity index (χ0) is 28.2. The van der Waals surface area contributed by atoms with Crippen molar-refractivity contribution in [3.8, 4) is 0 Å². The van der Waals surface area contributed by atoms with Crippen LogP contribution in [-0.2, 0) is 16.0 Å². The van der Waals surface area contributed by atoms with Crippen molar-refractivity contribution in [3.05, 3.63) is 94.5 Å². The van der Waals surface area contributed by atoms with Gasteiger partial charge in [0, 0.05) is 27.9 Å². The molecule has 1 aliphatic rings. The van der Waals surface area contributed by atoms with Crippen molar-refractivity contribution in [3.63, 3.8) is 0 Å². The predicted octanol–water partition coefficient (Wildman–Crippen LogP) is 5.88. The third-order valence-corrected chi connectivity index (χ3v) is 6.93. The highest BCUT2D eigenvalue weighted by atomic mass is 35.5. The Hall–Kier alpha value is -3.84. The molecule has 1 aliphatic heterocycles. The number of nitrogens with zero attached hydrogens (tertiary/aromatic N) is 1. The summed E-state index contributed by atoms with van der Waals surface area (Å²) < 4.78 is 0. The minimum absolute atomic E-state index is 0.168. The molecule has 0 saturated carbocycles. The van der Waals surface area contributed by atoms with Crippen molar-refractivity contribution in [1.82, 2.24) is 10.6 Å². The first-order valence-corrected chi connectivity index (χ1v) is 13.6. The average molecular weight is 547 g/mol. The molecule has 0 fully saturated rings. The lowest BCUT2D eigenvalue weighted by atomic mass is 9.86. The van der Waals surface area contributed by atoms with Crippen molar-refractivity contribution in [1.29, 1.82) is 0 Å². The summed E-state index contributed by atoms with van der Waals surface area (Å²) in [6, 6.07) is 21.3. The van der Waals surface area contributed by atoms with Crippen molar-refractivity contribution in [2.75, 3.05) is 16.8 Å². The average Bonchev–Trinajstić information content (AvgIpc) is 2.99. The smallest absolute Gasteiger partial charge is 0.319 e. The van der Waals surface area contributed by atoms with Crippen molar-refractivity contribution >= 4 is 40.8 Å². The van der Waals surface area contributed by atoms with Gasteiger partial charge in [-0.25, -0.2) is 4.79 Å². The molecule has 0 bridgehead atoms. The number of halogens is 1. The van der Waals surface area contributed by atoms with E-state index in [0.717, 1.165) is 23.1 Å². The van der Waals surface area contributed by atoms with Gasteiger partial charge in [0.15, 0.2) is 0 Å². The highest BCUT2D eigenvalue weighted by Gasteiger charge is 2.37. The van der Waals surface area contributed by atoms with Crippen LogP contribution in [0.2, 0.25) is 5.02 Å². The molecule has 0 radical (unpaired) electrons. The van der Waals surface area contributed by atoms with Gasteiger partial charge in [0.2, 0.25) is 11.8 Å². The second kappa shape index (κ2) is 11.9. The molecule has 0 spiro atoms. The molecule has 0 aromatic heterocycles. The first-order valence-electron chi connectivity index (χ1n) is 13.2. The first kappa shape index (κ1) is 28.2. The lowest BCUT2D eigenvalue weighted by Crippen LogP contribution is -2.53. The van der Waals surface area contributed by atoms with Gasteiger partial charge in [0.25, 0.3) is 0 Å². The van der Waals surface area contributed by atoms with Crippen LogP contribution < -0.4 is 20.9 Å². The molecular weight excluding hydrogens is 512 g/mol. The lowest BCUT2D eigenvalue weighted by Gasteiger charge is -2.28. The summed E-state index contributed by atoms with van der Waals surface area (Å²) in [5, 5.41) is 9.36. The van der Waals surface area contributed by atoms with E-state index < -0.39 is 17.6 Å². The van der Waals surface area contributed by atoms with Crippen LogP contribution in [0.5, 0.6) is 0 Å². The largest absolute Gasteiger partial charge is 0.350 e. The molecule has 39 heavy (non-hydrogen) atoms. The number of anilines is 2. The van der Waals surface area contributed by atoms with E-state index in [-0.39, 0.29) is 24.3 Å². The van der Waals surface area contributed by atoms with Gasteiger partial charge in [0.1, 0.15) is 12.6 Å². The molecule has 3 aromatic carbocycles. The number of benzene rings is 3. The number of hydrogen-bond donors (Lipinski definition) is 3. The quantitative estimate of drug-likeness (QED) is 0.361. The Bertz CT molecular complexity index is 1350. The maximum absolute atomic E-state index is 14.0. The summed E-state index contributed by atoms with van der Waals surface area (Å²) in [7, 11) is 0. The van der Waals surface area contributed by atoms with Gasteiger partial charge in [-0.3, -0.25) is 9.59 Å². The molecule has 1 heterocycles. The predicted molar refractivity (Wildman–Crippen MR) is 156 cm³/mol. The number of carbonyl (C=O) groups excluding carboxylic acids is 3. The van der Waals surface area contributed by atoms with Crippen LogP contribution in [0.25, 0.3) is 0 Å². The SMILES string of the molecule is CCc1ccccc1NC(=O)NC1CC(c2ccc(Cl)cc2)c2ccccc2N(CC(=O)NC(C)(C)C)C1=O. The van der Waals surface area contributed by atoms with Gasteiger partial charge >= 0.3 is 6.03 Å². The molecule has 204 valence electrons. The number of carbonyl (C=O) groups is 3. The second-order valence-electron chi connectivity index (χ2n) is 10.8. The molecule has 8 heteroatoms. The molecular formula is C31H35ClN4O3. The third kappa shape index (κ3) is 6.98. The molecule has 2 unspecified atom stereocenters. The molecule has 2 atom stereocenters. The Balaban J connectivity index is 1.70. The van der Waals surface area contributed by atoms with Gasteiger partial charge in [-0.05, 0) is 74.6 Å². The Morgan fingerprint density at radius 3 is 2.33 bits per heavy atom. The third-order valence-electron chi connectivity index (χ3n) is 6.68. The summed E-state index contributed by atoms with van der Waals surface area (Å²) in [4.78, 5) is 41.7. The summed E-state index contributed by atoms with van der Waals surface area (Å²) in [6.07, 6.45) is 1.07. The fourth-order valence-electron chi connectivity index (χ4n) is 4.96. The number of rotatable bonds is 6. The molecule has 4 amide bonds. The summed E-state index contributed by atoms with van der Waals surface area (Å²) in [5.41, 5.74) is 3.74. The summed E-state index contributed by atoms with van der Waals surface area (Å²) in [5.74, 6) is -0.844. The van der Waals surface area contributed by atoms with Crippen molar-refractivity contribution in [2.24, 2.45) is 0 Å². The number of fused-ring (bicyclic) bond motifs is 1. The fourth-order valence-corrected chi connectivity index (χ4v) is 5.09. The highest BCUT2D eigenvalue weighted by Crippen LogP contribution is 2.39. The Morgan fingerprint density at radius 2 is 1.64 bits per heavy atom. The Kier molecular flexibility index (Phi) is 8.60. The van der Waals surface area contributed by atoms with Crippen molar-refractivity contribution < 1.29 is 14.4 Å². The molecule has 7 nitrogen and oxygen atoms in total. The maximum atomic E-state index is 14.0. The second-order valence-corrected chi connectivity index (χ2v) is 11.2. The van der Waals surface area contributed by atoms with E-state index in [1.54, 1.807) is 0 Å². The number of hydrogen-bond acceptors (Lipinski definition) is 3. The van der Waals surface area contributed by atoms with E-state index in [1.165, 1.54) is 4.90 Å². The Labute approximate surface area is 234 Å². The van der Waals surface area contributed by atoms with Crippen molar-refractivity contribution in [2.45, 2.75) is 58.0 Å². The van der Waals surface area contributed by atoms with E-state index in [0.29, 0.717) is 22.8 Å². The number of amides is 4. The zero-order valence-corrected chi connectivity index (χ0v) is 23.5. The number of urea groups is 1. The van der Waals surface area contributed by atoms with Gasteiger partial charge < -0.3 is 20.9 Å². The number of aryl methyl sites for hydroxylation is 1. The van der Waals surface area contributed by atoms with Crippen LogP contribution in [0.3, 0.4) is 0 Å². The van der Waals surface area contributed by atoms with Crippen LogP contribution in [0.1, 0.15) is 56.7 Å². The van der Waals surface area contributed by atoms with Gasteiger partial charge in [0.05, 0.1) is 0 Å². The fraction of sp³-hybridized carbons (Fsp3) is 0.323. The normalized spacial score (nSPS) is 17.2. The maximum Gasteiger partial charge on any atom is 0.319 e. The molecule has 0 saturated heterocycles. The Morgan fingerprint density at radius 1 is 0.974 bits per heavy atom. The van der Waals surface area contributed by atoms with Crippen LogP contribution in [-0.4, -0.2) is 36.0 Å². The summed E-state index contributed by atoms with van der Waals surface area (Å²) in [6.45, 7) is 7.52. The van der Waals surface area contributed by atoms with Crippen LogP contribution >= 0.6 is 11.6 Å². The van der Waals surface area contributed by atoms with E-state index in [1.807, 2.05) is 100 Å². The number of para-hydroxylation sites is 2. The standard InChI is InChI=1S/C31H35ClN4O3/c1-5-20-10-6-8-12-25(20)33-30(39)34-26-18-24(21-14-16-22(32)17-15-21)23-11-7-9-13-27(23)36(29(26)38)19-28(37)35-31(2,3)4/h6-17,24,26H,5,18-19H2,1-4H3,(H,35,37)(H2,33,34,39). The summed E-state index contributed by atoms with van der Waals surface area (Å²) >= 11 is 6.17. The zero-order valence-electron chi connectivity index (χ0n) is 22.8. The van der Waals surface area contributed by atoms with Crippen LogP contribution in [0.15, 0.2) is 72.8 Å². The van der Waals surface area contributed by atoms with E-state index in [4.69, 9.17) is 11.6 Å². The number of nitrogens with one attached hydrogen (secondary N) is 3. The van der Waals surface area contributed by atoms with E-state index in [2.05, 4.69) is 16.0 Å². The van der Waals surface area contributed by atoms with E-state index >= 15 is 0 Å². The molecule has 3 N–H and O–H groups in total. The van der Waals surface area contributed by atoms with Gasteiger partial charge in [-0.2, -0.15) is 0 Å². The first-order chi connectivity index (χ1) is 18.6. The minimum Gasteiger partial charge on any atom is -0.350 e. The van der Waals surface area contributed by atoms with Gasteiger partial charge in [-0.15, -0.1) is 0 Å². The molecule has 4 rings (SSSR count). The topological polar surface area (TPSA) is 90.5 Å². The molecule has 0 aliphatic carbocycles. The minimum atomic E-state index is -0.880. The monoisotopic (exact) mass is 546 g/mol. The van der Waals surface area contributed by atoms with E-state index in [9.17, 15) is 14.4 Å². The van der Waals surface area contributed by atoms with Crippen LogP contribution in [0.4, 0.5) is 16.2 Å². The van der Waals surface area contributed by atoms with Gasteiger partial charge in [-0.1, -0.05) is 67.1 Å². The highest BCUT2D eigenvalue weighted by molar-refractivity contribution is 6.30. The lowest BCUT2D eigenvalue weighted by molar-refractivity contribution is -0.125. The molecule has 3 aromatic rings.